The molecule has 0 atom stereocenters. The smallest absolute Gasteiger partial charge is 0.208 e. The van der Waals surface area contributed by atoms with E-state index < -0.39 is 10.0 Å². The van der Waals surface area contributed by atoms with Crippen LogP contribution >= 0.6 is 0 Å². The third-order valence-electron chi connectivity index (χ3n) is 3.99. The van der Waals surface area contributed by atoms with E-state index in [1.807, 2.05) is 24.4 Å². The van der Waals surface area contributed by atoms with Crippen LogP contribution < -0.4 is 9.46 Å². The Bertz CT molecular complexity index is 745. The van der Waals surface area contributed by atoms with Crippen molar-refractivity contribution in [2.24, 2.45) is 0 Å². The minimum absolute atomic E-state index is 0.0757. The Morgan fingerprint density at radius 2 is 2.15 bits per heavy atom. The molecule has 2 N–H and O–H groups in total. The summed E-state index contributed by atoms with van der Waals surface area (Å²) in [5.74, 6) is 0.810. The lowest BCUT2D eigenvalue weighted by molar-refractivity contribution is 0.415. The van der Waals surface area contributed by atoms with E-state index in [4.69, 9.17) is 4.74 Å². The van der Waals surface area contributed by atoms with Gasteiger partial charge in [0.25, 0.3) is 0 Å². The molecule has 0 amide bonds. The molecule has 1 aliphatic rings. The lowest BCUT2D eigenvalue weighted by Crippen LogP contribution is -2.31. The Labute approximate surface area is 118 Å². The molecule has 1 heterocycles. The molecule has 108 valence electrons. The largest absolute Gasteiger partial charge is 0.497 e. The summed E-state index contributed by atoms with van der Waals surface area (Å²) < 4.78 is 30.5. The van der Waals surface area contributed by atoms with Gasteiger partial charge in [-0.3, -0.25) is 0 Å². The van der Waals surface area contributed by atoms with Gasteiger partial charge in [-0.25, -0.2) is 13.1 Å². The van der Waals surface area contributed by atoms with Crippen LogP contribution in [-0.4, -0.2) is 33.3 Å². The SMILES string of the molecule is COc1ccc2[nH]cc(C3(CNS(C)(=O)=O)CC3)c2c1. The summed E-state index contributed by atoms with van der Waals surface area (Å²) in [7, 11) is -1.51. The number of aromatic amines is 1. The standard InChI is InChI=1S/C14H18N2O3S/c1-19-10-3-4-13-11(7-10)12(8-15-13)14(5-6-14)9-16-20(2,17)18/h3-4,7-8,15-16H,5-6,9H2,1-2H3. The third-order valence-corrected chi connectivity index (χ3v) is 4.66. The zero-order valence-electron chi connectivity index (χ0n) is 11.6. The molecule has 6 heteroatoms. The molecule has 20 heavy (non-hydrogen) atoms. The Balaban J connectivity index is 1.97. The number of rotatable bonds is 5. The molecule has 2 aromatic rings. The van der Waals surface area contributed by atoms with Crippen LogP contribution in [0.2, 0.25) is 0 Å². The predicted molar refractivity (Wildman–Crippen MR) is 78.6 cm³/mol. The molecule has 1 saturated carbocycles. The Hall–Kier alpha value is -1.53. The maximum atomic E-state index is 11.3. The number of hydrogen-bond acceptors (Lipinski definition) is 3. The number of methoxy groups -OCH3 is 1. The second-order valence-electron chi connectivity index (χ2n) is 5.49. The van der Waals surface area contributed by atoms with Crippen LogP contribution in [0.4, 0.5) is 0 Å². The van der Waals surface area contributed by atoms with Crippen LogP contribution in [0.5, 0.6) is 5.75 Å². The number of benzene rings is 1. The number of ether oxygens (including phenoxy) is 1. The minimum atomic E-state index is -3.16. The quantitative estimate of drug-likeness (QED) is 0.882. The second kappa shape index (κ2) is 4.49. The van der Waals surface area contributed by atoms with Crippen molar-refractivity contribution in [1.82, 2.24) is 9.71 Å². The Kier molecular flexibility index (Phi) is 3.02. The first-order chi connectivity index (χ1) is 9.43. The average Bonchev–Trinajstić information content (AvgIpc) is 3.07. The van der Waals surface area contributed by atoms with E-state index in [9.17, 15) is 8.42 Å². The number of aromatic nitrogens is 1. The molecule has 1 aromatic carbocycles. The molecule has 3 rings (SSSR count). The fraction of sp³-hybridized carbons (Fsp3) is 0.429. The summed E-state index contributed by atoms with van der Waals surface area (Å²) in [4.78, 5) is 3.25. The van der Waals surface area contributed by atoms with E-state index in [1.54, 1.807) is 7.11 Å². The maximum Gasteiger partial charge on any atom is 0.208 e. The predicted octanol–water partition coefficient (Wildman–Crippen LogP) is 1.76. The van der Waals surface area contributed by atoms with Gasteiger partial charge in [0.2, 0.25) is 10.0 Å². The highest BCUT2D eigenvalue weighted by atomic mass is 32.2. The van der Waals surface area contributed by atoms with E-state index >= 15 is 0 Å². The minimum Gasteiger partial charge on any atom is -0.497 e. The highest BCUT2D eigenvalue weighted by Gasteiger charge is 2.46. The van der Waals surface area contributed by atoms with E-state index in [2.05, 4.69) is 9.71 Å². The molecule has 0 bridgehead atoms. The first-order valence-corrected chi connectivity index (χ1v) is 8.43. The molecule has 0 saturated heterocycles. The summed E-state index contributed by atoms with van der Waals surface area (Å²) in [6, 6.07) is 5.90. The van der Waals surface area contributed by atoms with Gasteiger partial charge in [-0.2, -0.15) is 0 Å². The summed E-state index contributed by atoms with van der Waals surface area (Å²) in [5.41, 5.74) is 2.14. The maximum absolute atomic E-state index is 11.3. The number of H-pyrrole nitrogens is 1. The van der Waals surface area contributed by atoms with Gasteiger partial charge in [-0.15, -0.1) is 0 Å². The van der Waals surface area contributed by atoms with Gasteiger partial charge in [-0.05, 0) is 36.6 Å². The molecule has 1 aliphatic carbocycles. The highest BCUT2D eigenvalue weighted by Crippen LogP contribution is 2.50. The van der Waals surface area contributed by atoms with Gasteiger partial charge in [-0.1, -0.05) is 0 Å². The summed E-state index contributed by atoms with van der Waals surface area (Å²) in [5, 5.41) is 1.11. The van der Waals surface area contributed by atoms with Gasteiger partial charge in [0, 0.05) is 29.1 Å². The second-order valence-corrected chi connectivity index (χ2v) is 7.32. The molecule has 1 fully saturated rings. The first kappa shape index (κ1) is 13.5. The zero-order valence-corrected chi connectivity index (χ0v) is 12.4. The fourth-order valence-electron chi connectivity index (χ4n) is 2.63. The van der Waals surface area contributed by atoms with Crippen LogP contribution in [0.1, 0.15) is 18.4 Å². The Morgan fingerprint density at radius 1 is 1.40 bits per heavy atom. The summed E-state index contributed by atoms with van der Waals surface area (Å²) in [6.45, 7) is 0.454. The van der Waals surface area contributed by atoms with E-state index in [0.717, 1.165) is 29.5 Å². The van der Waals surface area contributed by atoms with Crippen LogP contribution in [0, 0.1) is 0 Å². The third kappa shape index (κ3) is 2.41. The van der Waals surface area contributed by atoms with Gasteiger partial charge >= 0.3 is 0 Å². The van der Waals surface area contributed by atoms with Crippen molar-refractivity contribution >= 4 is 20.9 Å². The topological polar surface area (TPSA) is 71.2 Å². The van der Waals surface area contributed by atoms with E-state index in [1.165, 1.54) is 11.8 Å². The normalized spacial score (nSPS) is 17.3. The highest BCUT2D eigenvalue weighted by molar-refractivity contribution is 7.88. The fourth-order valence-corrected chi connectivity index (χ4v) is 3.17. The monoisotopic (exact) mass is 294 g/mol. The van der Waals surface area contributed by atoms with Crippen LogP contribution in [0.15, 0.2) is 24.4 Å². The molecule has 0 unspecified atom stereocenters. The van der Waals surface area contributed by atoms with Crippen molar-refractivity contribution in [3.05, 3.63) is 30.0 Å². The molecule has 1 aromatic heterocycles. The van der Waals surface area contributed by atoms with Gasteiger partial charge < -0.3 is 9.72 Å². The van der Waals surface area contributed by atoms with Crippen molar-refractivity contribution in [1.29, 1.82) is 0 Å². The van der Waals surface area contributed by atoms with Crippen molar-refractivity contribution in [3.63, 3.8) is 0 Å². The Morgan fingerprint density at radius 3 is 2.75 bits per heavy atom. The lowest BCUT2D eigenvalue weighted by Gasteiger charge is -2.15. The lowest BCUT2D eigenvalue weighted by atomic mass is 9.95. The average molecular weight is 294 g/mol. The van der Waals surface area contributed by atoms with Crippen molar-refractivity contribution in [2.45, 2.75) is 18.3 Å². The number of nitrogens with one attached hydrogen (secondary N) is 2. The van der Waals surface area contributed by atoms with Gasteiger partial charge in [0.15, 0.2) is 0 Å². The number of fused-ring (bicyclic) bond motifs is 1. The molecule has 0 aliphatic heterocycles. The number of sulfonamides is 1. The molecular formula is C14H18N2O3S. The van der Waals surface area contributed by atoms with Crippen molar-refractivity contribution in [2.75, 3.05) is 19.9 Å². The zero-order chi connectivity index (χ0) is 14.4. The molecule has 0 spiro atoms. The van der Waals surface area contributed by atoms with E-state index in [-0.39, 0.29) is 5.41 Å². The summed E-state index contributed by atoms with van der Waals surface area (Å²) >= 11 is 0. The van der Waals surface area contributed by atoms with Gasteiger partial charge in [0.05, 0.1) is 13.4 Å². The number of hydrogen-bond donors (Lipinski definition) is 2. The molecular weight excluding hydrogens is 276 g/mol. The van der Waals surface area contributed by atoms with Gasteiger partial charge in [0.1, 0.15) is 5.75 Å². The van der Waals surface area contributed by atoms with Crippen LogP contribution in [-0.2, 0) is 15.4 Å². The molecule has 0 radical (unpaired) electrons. The molecule has 5 nitrogen and oxygen atoms in total. The first-order valence-electron chi connectivity index (χ1n) is 6.54. The van der Waals surface area contributed by atoms with Crippen molar-refractivity contribution < 1.29 is 13.2 Å². The van der Waals surface area contributed by atoms with Crippen LogP contribution in [0.3, 0.4) is 0 Å². The summed E-state index contributed by atoms with van der Waals surface area (Å²) in [6.07, 6.45) is 5.18. The van der Waals surface area contributed by atoms with Crippen molar-refractivity contribution in [3.8, 4) is 5.75 Å². The van der Waals surface area contributed by atoms with E-state index in [0.29, 0.717) is 6.54 Å². The van der Waals surface area contributed by atoms with Crippen LogP contribution in [0.25, 0.3) is 10.9 Å².